The number of aliphatic hydroxyl groups is 1. The largest absolute Gasteiger partial charge is 0.489 e. The maximum atomic E-state index is 14.5. The van der Waals surface area contributed by atoms with Gasteiger partial charge >= 0.3 is 0 Å². The van der Waals surface area contributed by atoms with E-state index in [1.807, 2.05) is 26.0 Å². The monoisotopic (exact) mass is 422 g/mol. The van der Waals surface area contributed by atoms with Gasteiger partial charge in [0, 0.05) is 28.6 Å². The van der Waals surface area contributed by atoms with Gasteiger partial charge in [-0.25, -0.2) is 4.39 Å². The van der Waals surface area contributed by atoms with Crippen LogP contribution in [0, 0.1) is 19.7 Å². The SMILES string of the molecule is Cc1cc(-c2nnc(-c3cc(F)c(OCC(N)C(C)O)cc3Cl)s2)cc(C)n1. The van der Waals surface area contributed by atoms with Crippen molar-refractivity contribution < 1.29 is 14.2 Å². The van der Waals surface area contributed by atoms with E-state index in [0.717, 1.165) is 17.0 Å². The molecule has 2 heterocycles. The Balaban J connectivity index is 1.86. The molecule has 2 atom stereocenters. The molecule has 0 aliphatic heterocycles. The standard InChI is InChI=1S/C19H20ClFN4O2S/c1-9-4-12(5-10(2)23-9)18-24-25-19(28-18)13-6-15(21)17(7-14(13)20)27-8-16(22)11(3)26/h4-7,11,16,26H,8,22H2,1-3H3. The average molecular weight is 423 g/mol. The molecule has 3 aromatic rings. The summed E-state index contributed by atoms with van der Waals surface area (Å²) >= 11 is 7.63. The van der Waals surface area contributed by atoms with Crippen LogP contribution in [0.1, 0.15) is 18.3 Å². The lowest BCUT2D eigenvalue weighted by Crippen LogP contribution is -2.38. The van der Waals surface area contributed by atoms with Gasteiger partial charge in [-0.1, -0.05) is 22.9 Å². The Morgan fingerprint density at radius 3 is 2.46 bits per heavy atom. The molecule has 0 amide bonds. The second-order valence-electron chi connectivity index (χ2n) is 6.53. The first-order chi connectivity index (χ1) is 13.2. The summed E-state index contributed by atoms with van der Waals surface area (Å²) in [5.74, 6) is -0.625. The first-order valence-electron chi connectivity index (χ1n) is 8.59. The van der Waals surface area contributed by atoms with Crippen LogP contribution in [0.25, 0.3) is 21.1 Å². The second kappa shape index (κ2) is 8.48. The first kappa shape index (κ1) is 20.6. The van der Waals surface area contributed by atoms with Crippen LogP contribution in [-0.2, 0) is 0 Å². The number of nitrogens with two attached hydrogens (primary N) is 1. The molecule has 148 valence electrons. The number of rotatable bonds is 6. The van der Waals surface area contributed by atoms with Crippen molar-refractivity contribution in [2.75, 3.05) is 6.61 Å². The Morgan fingerprint density at radius 1 is 1.18 bits per heavy atom. The smallest absolute Gasteiger partial charge is 0.165 e. The molecule has 0 bridgehead atoms. The number of pyridine rings is 1. The summed E-state index contributed by atoms with van der Waals surface area (Å²) in [4.78, 5) is 4.35. The van der Waals surface area contributed by atoms with Crippen molar-refractivity contribution in [2.45, 2.75) is 32.9 Å². The quantitative estimate of drug-likeness (QED) is 0.628. The number of hydrogen-bond acceptors (Lipinski definition) is 7. The third-order valence-electron chi connectivity index (χ3n) is 4.06. The van der Waals surface area contributed by atoms with E-state index in [4.69, 9.17) is 22.1 Å². The summed E-state index contributed by atoms with van der Waals surface area (Å²) < 4.78 is 19.8. The van der Waals surface area contributed by atoms with Gasteiger partial charge in [0.05, 0.1) is 17.2 Å². The van der Waals surface area contributed by atoms with Crippen LogP contribution < -0.4 is 10.5 Å². The minimum absolute atomic E-state index is 0.0324. The van der Waals surface area contributed by atoms with Crippen LogP contribution in [0.15, 0.2) is 24.3 Å². The molecular formula is C19H20ClFN4O2S. The highest BCUT2D eigenvalue weighted by atomic mass is 35.5. The number of nitrogens with zero attached hydrogens (tertiary/aromatic N) is 3. The lowest BCUT2D eigenvalue weighted by molar-refractivity contribution is 0.129. The minimum Gasteiger partial charge on any atom is -0.489 e. The van der Waals surface area contributed by atoms with E-state index in [1.165, 1.54) is 23.5 Å². The van der Waals surface area contributed by atoms with Gasteiger partial charge in [-0.2, -0.15) is 0 Å². The number of benzene rings is 1. The summed E-state index contributed by atoms with van der Waals surface area (Å²) in [5, 5.41) is 19.2. The Bertz CT molecular complexity index is 976. The lowest BCUT2D eigenvalue weighted by atomic mass is 10.2. The fraction of sp³-hybridized carbons (Fsp3) is 0.316. The highest BCUT2D eigenvalue weighted by Crippen LogP contribution is 2.37. The van der Waals surface area contributed by atoms with Crippen molar-refractivity contribution in [1.29, 1.82) is 0 Å². The molecular weight excluding hydrogens is 403 g/mol. The fourth-order valence-electron chi connectivity index (χ4n) is 2.54. The molecule has 6 nitrogen and oxygen atoms in total. The number of halogens is 2. The van der Waals surface area contributed by atoms with Crippen molar-refractivity contribution in [1.82, 2.24) is 15.2 Å². The maximum Gasteiger partial charge on any atom is 0.165 e. The first-order valence-corrected chi connectivity index (χ1v) is 9.79. The van der Waals surface area contributed by atoms with Gasteiger partial charge in [0.1, 0.15) is 16.6 Å². The highest BCUT2D eigenvalue weighted by Gasteiger charge is 2.18. The van der Waals surface area contributed by atoms with Crippen molar-refractivity contribution in [2.24, 2.45) is 5.73 Å². The number of aliphatic hydroxyl groups excluding tert-OH is 1. The molecule has 28 heavy (non-hydrogen) atoms. The van der Waals surface area contributed by atoms with Crippen molar-refractivity contribution >= 4 is 22.9 Å². The third-order valence-corrected chi connectivity index (χ3v) is 5.37. The predicted molar refractivity (Wildman–Crippen MR) is 108 cm³/mol. The molecule has 9 heteroatoms. The Kier molecular flexibility index (Phi) is 6.24. The maximum absolute atomic E-state index is 14.5. The molecule has 3 N–H and O–H groups in total. The van der Waals surface area contributed by atoms with Crippen molar-refractivity contribution in [3.05, 3.63) is 46.5 Å². The van der Waals surface area contributed by atoms with E-state index >= 15 is 0 Å². The molecule has 0 radical (unpaired) electrons. The number of aromatic nitrogens is 3. The predicted octanol–water partition coefficient (Wildman–Crippen LogP) is 3.76. The molecule has 3 rings (SSSR count). The van der Waals surface area contributed by atoms with Gasteiger partial charge in [-0.3, -0.25) is 4.98 Å². The van der Waals surface area contributed by atoms with Gasteiger partial charge in [0.25, 0.3) is 0 Å². The normalized spacial score (nSPS) is 13.4. The molecule has 0 aliphatic carbocycles. The summed E-state index contributed by atoms with van der Waals surface area (Å²) in [6, 6.07) is 5.85. The van der Waals surface area contributed by atoms with E-state index < -0.39 is 18.0 Å². The third kappa shape index (κ3) is 4.64. The van der Waals surface area contributed by atoms with E-state index in [9.17, 15) is 9.50 Å². The Labute approximate surface area is 171 Å². The van der Waals surface area contributed by atoms with Crippen molar-refractivity contribution in [3.8, 4) is 26.9 Å². The van der Waals surface area contributed by atoms with Crippen LogP contribution in [-0.4, -0.2) is 39.0 Å². The van der Waals surface area contributed by atoms with Crippen LogP contribution in [0.2, 0.25) is 5.02 Å². The molecule has 2 aromatic heterocycles. The molecule has 0 fully saturated rings. The summed E-state index contributed by atoms with van der Waals surface area (Å²) in [7, 11) is 0. The Hall–Kier alpha value is -2.13. The van der Waals surface area contributed by atoms with Crippen molar-refractivity contribution in [3.63, 3.8) is 0 Å². The molecule has 0 saturated carbocycles. The van der Waals surface area contributed by atoms with Gasteiger partial charge < -0.3 is 15.6 Å². The zero-order valence-electron chi connectivity index (χ0n) is 15.6. The zero-order valence-corrected chi connectivity index (χ0v) is 17.2. The van der Waals surface area contributed by atoms with E-state index in [-0.39, 0.29) is 17.4 Å². The molecule has 0 saturated heterocycles. The molecule has 0 aliphatic rings. The van der Waals surface area contributed by atoms with Gasteiger partial charge in [0.15, 0.2) is 11.6 Å². The van der Waals surface area contributed by atoms with E-state index in [0.29, 0.717) is 15.6 Å². The molecule has 1 aromatic carbocycles. The van der Waals surface area contributed by atoms with E-state index in [1.54, 1.807) is 6.92 Å². The highest BCUT2D eigenvalue weighted by molar-refractivity contribution is 7.18. The topological polar surface area (TPSA) is 94.2 Å². The average Bonchev–Trinajstić information content (AvgIpc) is 3.10. The van der Waals surface area contributed by atoms with Crippen LogP contribution in [0.4, 0.5) is 4.39 Å². The summed E-state index contributed by atoms with van der Waals surface area (Å²) in [5.41, 5.74) is 8.79. The number of ether oxygens (including phenoxy) is 1. The molecule has 0 spiro atoms. The number of hydrogen-bond donors (Lipinski definition) is 2. The molecule has 2 unspecified atom stereocenters. The van der Waals surface area contributed by atoms with Gasteiger partial charge in [-0.15, -0.1) is 10.2 Å². The van der Waals surface area contributed by atoms with Crippen LogP contribution >= 0.6 is 22.9 Å². The second-order valence-corrected chi connectivity index (χ2v) is 7.91. The van der Waals surface area contributed by atoms with Gasteiger partial charge in [-0.05, 0) is 39.0 Å². The van der Waals surface area contributed by atoms with Crippen LogP contribution in [0.3, 0.4) is 0 Å². The number of aryl methyl sites for hydroxylation is 2. The summed E-state index contributed by atoms with van der Waals surface area (Å²) in [6.45, 7) is 5.33. The lowest BCUT2D eigenvalue weighted by Gasteiger charge is -2.16. The minimum atomic E-state index is -0.766. The Morgan fingerprint density at radius 2 is 1.82 bits per heavy atom. The summed E-state index contributed by atoms with van der Waals surface area (Å²) in [6.07, 6.45) is -0.766. The van der Waals surface area contributed by atoms with E-state index in [2.05, 4.69) is 15.2 Å². The zero-order chi connectivity index (χ0) is 20.4. The van der Waals surface area contributed by atoms with Crippen LogP contribution in [0.5, 0.6) is 5.75 Å². The fourth-order valence-corrected chi connectivity index (χ4v) is 3.70. The van der Waals surface area contributed by atoms with Gasteiger partial charge in [0.2, 0.25) is 0 Å².